The molecule has 7 heteroatoms. The monoisotopic (exact) mass is 403 g/mol. The number of anilines is 1. The number of carbonyl (C=O) groups is 1. The summed E-state index contributed by atoms with van der Waals surface area (Å²) in [7, 11) is 0. The van der Waals surface area contributed by atoms with Crippen LogP contribution in [0.4, 0.5) is 5.69 Å². The largest absolute Gasteiger partial charge is 0.454 e. The summed E-state index contributed by atoms with van der Waals surface area (Å²) in [5.41, 5.74) is 0.756. The molecule has 0 aliphatic carbocycles. The second kappa shape index (κ2) is 9.32. The molecule has 0 saturated carbocycles. The van der Waals surface area contributed by atoms with Crippen LogP contribution in [0.15, 0.2) is 18.2 Å². The molecule has 1 N–H and O–H groups in total. The van der Waals surface area contributed by atoms with E-state index < -0.39 is 0 Å². The highest BCUT2D eigenvalue weighted by Crippen LogP contribution is 2.34. The lowest BCUT2D eigenvalue weighted by Gasteiger charge is -2.39. The standard InChI is InChI=1S/C22H33N3O4/c1-16-12-25(13-17(2)29-16)14-18-5-8-24(9-6-18)10-7-22(26)23-19-3-4-20-21(11-19)28-15-27-20/h3-4,11,16-18H,5-10,12-15H2,1-2H3,(H,23,26). The van der Waals surface area contributed by atoms with Crippen molar-refractivity contribution in [3.63, 3.8) is 0 Å². The summed E-state index contributed by atoms with van der Waals surface area (Å²) in [6.07, 6.45) is 3.61. The molecule has 7 nitrogen and oxygen atoms in total. The second-order valence-corrected chi connectivity index (χ2v) is 8.63. The number of benzene rings is 1. The molecule has 160 valence electrons. The molecule has 2 atom stereocenters. The van der Waals surface area contributed by atoms with Gasteiger partial charge in [0.05, 0.1) is 12.2 Å². The number of amides is 1. The van der Waals surface area contributed by atoms with Gasteiger partial charge in [0.2, 0.25) is 12.7 Å². The molecular formula is C22H33N3O4. The maximum Gasteiger partial charge on any atom is 0.231 e. The van der Waals surface area contributed by atoms with E-state index in [1.54, 1.807) is 0 Å². The minimum atomic E-state index is 0.0438. The van der Waals surface area contributed by atoms with Crippen molar-refractivity contribution >= 4 is 11.6 Å². The van der Waals surface area contributed by atoms with E-state index in [0.29, 0.717) is 24.4 Å². The van der Waals surface area contributed by atoms with Gasteiger partial charge in [-0.3, -0.25) is 9.69 Å². The first kappa shape index (κ1) is 20.4. The van der Waals surface area contributed by atoms with Gasteiger partial charge >= 0.3 is 0 Å². The molecule has 3 aliphatic rings. The van der Waals surface area contributed by atoms with Gasteiger partial charge in [0.1, 0.15) is 0 Å². The summed E-state index contributed by atoms with van der Waals surface area (Å²) in [5, 5.41) is 2.96. The Morgan fingerprint density at radius 1 is 1.07 bits per heavy atom. The number of fused-ring (bicyclic) bond motifs is 1. The average Bonchev–Trinajstić information content (AvgIpc) is 3.14. The molecule has 1 amide bonds. The Hall–Kier alpha value is -1.83. The summed E-state index contributed by atoms with van der Waals surface area (Å²) in [4.78, 5) is 17.3. The van der Waals surface area contributed by atoms with Crippen LogP contribution in [0.5, 0.6) is 11.5 Å². The van der Waals surface area contributed by atoms with E-state index in [1.165, 1.54) is 19.4 Å². The average molecular weight is 404 g/mol. The van der Waals surface area contributed by atoms with Crippen LogP contribution >= 0.6 is 0 Å². The van der Waals surface area contributed by atoms with Gasteiger partial charge < -0.3 is 24.4 Å². The molecule has 1 aromatic carbocycles. The molecule has 2 saturated heterocycles. The first-order chi connectivity index (χ1) is 14.0. The van der Waals surface area contributed by atoms with E-state index in [9.17, 15) is 4.79 Å². The van der Waals surface area contributed by atoms with Gasteiger partial charge in [-0.15, -0.1) is 0 Å². The van der Waals surface area contributed by atoms with Crippen LogP contribution in [0, 0.1) is 5.92 Å². The third-order valence-electron chi connectivity index (χ3n) is 6.03. The molecule has 3 aliphatic heterocycles. The van der Waals surface area contributed by atoms with E-state index in [2.05, 4.69) is 29.0 Å². The van der Waals surface area contributed by atoms with Gasteiger partial charge in [-0.25, -0.2) is 0 Å². The zero-order valence-electron chi connectivity index (χ0n) is 17.6. The number of morpholine rings is 1. The highest BCUT2D eigenvalue weighted by Gasteiger charge is 2.26. The predicted molar refractivity (Wildman–Crippen MR) is 111 cm³/mol. The molecule has 0 bridgehead atoms. The van der Waals surface area contributed by atoms with Crippen LogP contribution < -0.4 is 14.8 Å². The van der Waals surface area contributed by atoms with Crippen LogP contribution in [0.3, 0.4) is 0 Å². The van der Waals surface area contributed by atoms with Crippen molar-refractivity contribution in [1.29, 1.82) is 0 Å². The maximum absolute atomic E-state index is 12.3. The van der Waals surface area contributed by atoms with Crippen LogP contribution in [0.1, 0.15) is 33.1 Å². The smallest absolute Gasteiger partial charge is 0.231 e. The zero-order chi connectivity index (χ0) is 20.2. The highest BCUT2D eigenvalue weighted by molar-refractivity contribution is 5.91. The third-order valence-corrected chi connectivity index (χ3v) is 6.03. The van der Waals surface area contributed by atoms with Gasteiger partial charge in [0.15, 0.2) is 11.5 Å². The highest BCUT2D eigenvalue weighted by atomic mass is 16.7. The summed E-state index contributed by atoms with van der Waals surface area (Å²) in [6, 6.07) is 5.50. The quantitative estimate of drug-likeness (QED) is 0.788. The lowest BCUT2D eigenvalue weighted by molar-refractivity contribution is -0.116. The lowest BCUT2D eigenvalue weighted by Crippen LogP contribution is -2.48. The normalized spacial score (nSPS) is 25.9. The Balaban J connectivity index is 1.15. The molecular weight excluding hydrogens is 370 g/mol. The lowest BCUT2D eigenvalue weighted by atomic mass is 9.95. The molecule has 29 heavy (non-hydrogen) atoms. The number of carbonyl (C=O) groups excluding carboxylic acids is 1. The van der Waals surface area contributed by atoms with Gasteiger partial charge in [-0.1, -0.05) is 0 Å². The molecule has 2 unspecified atom stereocenters. The SMILES string of the molecule is CC1CN(CC2CCN(CCC(=O)Nc3ccc4c(c3)OCO4)CC2)CC(C)O1. The molecule has 2 fully saturated rings. The third kappa shape index (κ3) is 5.62. The van der Waals surface area contributed by atoms with Gasteiger partial charge in [0.25, 0.3) is 0 Å². The van der Waals surface area contributed by atoms with Crippen molar-refractivity contribution in [1.82, 2.24) is 9.80 Å². The van der Waals surface area contributed by atoms with Crippen molar-refractivity contribution < 1.29 is 19.0 Å². The number of rotatable bonds is 6. The molecule has 3 heterocycles. The van der Waals surface area contributed by atoms with Gasteiger partial charge in [0, 0.05) is 44.4 Å². The minimum Gasteiger partial charge on any atom is -0.454 e. The fraction of sp³-hybridized carbons (Fsp3) is 0.682. The minimum absolute atomic E-state index is 0.0438. The first-order valence-electron chi connectivity index (χ1n) is 10.8. The molecule has 4 rings (SSSR count). The number of nitrogens with one attached hydrogen (secondary N) is 1. The summed E-state index contributed by atoms with van der Waals surface area (Å²) in [6.45, 7) is 10.8. The number of piperidine rings is 1. The fourth-order valence-corrected chi connectivity index (χ4v) is 4.65. The van der Waals surface area contributed by atoms with E-state index in [4.69, 9.17) is 14.2 Å². The van der Waals surface area contributed by atoms with Crippen LogP contribution in [0.25, 0.3) is 0 Å². The van der Waals surface area contributed by atoms with E-state index in [0.717, 1.165) is 50.1 Å². The van der Waals surface area contributed by atoms with Gasteiger partial charge in [-0.2, -0.15) is 0 Å². The predicted octanol–water partition coefficient (Wildman–Crippen LogP) is 2.57. The van der Waals surface area contributed by atoms with Crippen molar-refractivity contribution in [3.8, 4) is 11.5 Å². The zero-order valence-corrected chi connectivity index (χ0v) is 17.6. The number of nitrogens with zero attached hydrogens (tertiary/aromatic N) is 2. The Morgan fingerprint density at radius 3 is 2.55 bits per heavy atom. The van der Waals surface area contributed by atoms with Crippen LogP contribution in [-0.4, -0.2) is 74.0 Å². The summed E-state index contributed by atoms with van der Waals surface area (Å²) >= 11 is 0. The van der Waals surface area contributed by atoms with Crippen molar-refractivity contribution in [2.45, 2.75) is 45.3 Å². The molecule has 0 radical (unpaired) electrons. The maximum atomic E-state index is 12.3. The molecule has 0 spiro atoms. The molecule has 1 aromatic rings. The van der Waals surface area contributed by atoms with Gasteiger partial charge in [-0.05, 0) is 57.8 Å². The Bertz CT molecular complexity index is 695. The number of hydrogen-bond donors (Lipinski definition) is 1. The van der Waals surface area contributed by atoms with Crippen LogP contribution in [0.2, 0.25) is 0 Å². The fourth-order valence-electron chi connectivity index (χ4n) is 4.65. The Morgan fingerprint density at radius 2 is 1.79 bits per heavy atom. The summed E-state index contributed by atoms with van der Waals surface area (Å²) < 4.78 is 16.5. The van der Waals surface area contributed by atoms with Crippen LogP contribution in [-0.2, 0) is 9.53 Å². The second-order valence-electron chi connectivity index (χ2n) is 8.63. The number of hydrogen-bond acceptors (Lipinski definition) is 6. The first-order valence-corrected chi connectivity index (χ1v) is 10.8. The van der Waals surface area contributed by atoms with Crippen molar-refractivity contribution in [2.75, 3.05) is 51.4 Å². The molecule has 0 aromatic heterocycles. The van der Waals surface area contributed by atoms with E-state index in [-0.39, 0.29) is 12.7 Å². The number of ether oxygens (including phenoxy) is 3. The topological polar surface area (TPSA) is 63.3 Å². The van der Waals surface area contributed by atoms with E-state index >= 15 is 0 Å². The Kier molecular flexibility index (Phi) is 6.57. The summed E-state index contributed by atoms with van der Waals surface area (Å²) in [5.74, 6) is 2.22. The van der Waals surface area contributed by atoms with Crippen molar-refractivity contribution in [2.24, 2.45) is 5.92 Å². The Labute approximate surface area is 173 Å². The van der Waals surface area contributed by atoms with E-state index in [1.807, 2.05) is 18.2 Å². The number of likely N-dealkylation sites (tertiary alicyclic amines) is 1. The van der Waals surface area contributed by atoms with Crippen molar-refractivity contribution in [3.05, 3.63) is 18.2 Å².